The number of piperidine rings is 1. The summed E-state index contributed by atoms with van der Waals surface area (Å²) in [6, 6.07) is 2.38. The molecule has 1 aliphatic heterocycles. The first-order valence-corrected chi connectivity index (χ1v) is 7.89. The Morgan fingerprint density at radius 2 is 2.09 bits per heavy atom. The predicted molar refractivity (Wildman–Crippen MR) is 88.2 cm³/mol. The molecule has 2 aromatic heterocycles. The van der Waals surface area contributed by atoms with Gasteiger partial charge in [-0.1, -0.05) is 0 Å². The lowest BCUT2D eigenvalue weighted by Crippen LogP contribution is -2.40. The number of nitrogens with one attached hydrogen (secondary N) is 1. The molecule has 1 aliphatic rings. The Kier molecular flexibility index (Phi) is 4.66. The van der Waals surface area contributed by atoms with Crippen LogP contribution in [0.1, 0.15) is 24.1 Å². The molecule has 0 radical (unpaired) electrons. The van der Waals surface area contributed by atoms with Crippen LogP contribution >= 0.6 is 0 Å². The van der Waals surface area contributed by atoms with E-state index in [2.05, 4.69) is 25.2 Å². The van der Waals surface area contributed by atoms with Crippen LogP contribution in [-0.4, -0.2) is 43.6 Å². The van der Waals surface area contributed by atoms with Crippen LogP contribution in [0.3, 0.4) is 0 Å². The van der Waals surface area contributed by atoms with E-state index in [-0.39, 0.29) is 5.56 Å². The fraction of sp³-hybridized carbons (Fsp3) is 0.500. The molecule has 2 aromatic rings. The van der Waals surface area contributed by atoms with Crippen molar-refractivity contribution in [3.63, 3.8) is 0 Å². The van der Waals surface area contributed by atoms with Crippen molar-refractivity contribution in [2.45, 2.75) is 32.4 Å². The quantitative estimate of drug-likeness (QED) is 0.906. The second-order valence-electron chi connectivity index (χ2n) is 6.07. The highest BCUT2D eigenvalue weighted by Crippen LogP contribution is 2.16. The maximum Gasteiger partial charge on any atom is 0.257 e. The van der Waals surface area contributed by atoms with Gasteiger partial charge in [0.2, 0.25) is 0 Å². The summed E-state index contributed by atoms with van der Waals surface area (Å²) in [6.07, 6.45) is 6.88. The zero-order valence-electron chi connectivity index (χ0n) is 13.6. The van der Waals surface area contributed by atoms with Gasteiger partial charge in [-0.3, -0.25) is 9.69 Å². The largest absolute Gasteiger partial charge is 0.367 e. The summed E-state index contributed by atoms with van der Waals surface area (Å²) < 4.78 is 1.53. The molecule has 122 valence electrons. The van der Waals surface area contributed by atoms with Crippen LogP contribution in [0.4, 0.5) is 5.82 Å². The molecule has 23 heavy (non-hydrogen) atoms. The number of nitrogens with zero attached hydrogens (tertiary/aromatic N) is 5. The normalized spacial score (nSPS) is 16.4. The number of aryl methyl sites for hydroxylation is 2. The fourth-order valence-corrected chi connectivity index (χ4v) is 2.88. The van der Waals surface area contributed by atoms with E-state index in [1.807, 2.05) is 13.0 Å². The number of hydrogen-bond donors (Lipinski definition) is 1. The lowest BCUT2D eigenvalue weighted by molar-refractivity contribution is 0.210. The van der Waals surface area contributed by atoms with Crippen molar-refractivity contribution in [2.75, 3.05) is 18.4 Å². The minimum atomic E-state index is 0.0386. The van der Waals surface area contributed by atoms with Gasteiger partial charge in [0, 0.05) is 56.2 Å². The Balaban J connectivity index is 1.54. The molecule has 7 heteroatoms. The average molecular weight is 314 g/mol. The first kappa shape index (κ1) is 15.6. The number of anilines is 1. The predicted octanol–water partition coefficient (Wildman–Crippen LogP) is 0.955. The molecule has 0 aromatic carbocycles. The number of rotatable bonds is 4. The first-order valence-electron chi connectivity index (χ1n) is 7.89. The summed E-state index contributed by atoms with van der Waals surface area (Å²) in [6.45, 7) is 4.54. The van der Waals surface area contributed by atoms with Crippen LogP contribution in [0.25, 0.3) is 0 Å². The lowest BCUT2D eigenvalue weighted by atomic mass is 10.0. The van der Waals surface area contributed by atoms with Crippen molar-refractivity contribution in [2.24, 2.45) is 7.05 Å². The molecule has 0 saturated carbocycles. The van der Waals surface area contributed by atoms with Crippen molar-refractivity contribution in [1.29, 1.82) is 0 Å². The Morgan fingerprint density at radius 1 is 1.30 bits per heavy atom. The van der Waals surface area contributed by atoms with Crippen molar-refractivity contribution in [3.05, 3.63) is 46.5 Å². The van der Waals surface area contributed by atoms with Gasteiger partial charge in [0.15, 0.2) is 0 Å². The van der Waals surface area contributed by atoms with Crippen LogP contribution < -0.4 is 10.9 Å². The van der Waals surface area contributed by atoms with Gasteiger partial charge in [-0.15, -0.1) is 0 Å². The molecule has 3 rings (SSSR count). The molecule has 0 atom stereocenters. The smallest absolute Gasteiger partial charge is 0.257 e. The zero-order chi connectivity index (χ0) is 16.2. The van der Waals surface area contributed by atoms with Crippen LogP contribution in [-0.2, 0) is 13.6 Å². The molecular formula is C16H22N6O. The van der Waals surface area contributed by atoms with Crippen molar-refractivity contribution < 1.29 is 0 Å². The van der Waals surface area contributed by atoms with Crippen LogP contribution in [0.15, 0.2) is 29.7 Å². The molecule has 3 heterocycles. The number of aromatic nitrogens is 4. The minimum absolute atomic E-state index is 0.0386. The van der Waals surface area contributed by atoms with E-state index in [9.17, 15) is 4.79 Å². The SMILES string of the molecule is Cc1cc(NC2CCN(Cc3cncn(C)c3=O)CC2)ncn1. The molecule has 0 aliphatic carbocycles. The maximum atomic E-state index is 12.0. The third kappa shape index (κ3) is 3.92. The van der Waals surface area contributed by atoms with Gasteiger partial charge < -0.3 is 9.88 Å². The Labute approximate surface area is 135 Å². The van der Waals surface area contributed by atoms with E-state index in [1.54, 1.807) is 25.9 Å². The maximum absolute atomic E-state index is 12.0. The van der Waals surface area contributed by atoms with Crippen molar-refractivity contribution in [1.82, 2.24) is 24.4 Å². The molecule has 1 fully saturated rings. The summed E-state index contributed by atoms with van der Waals surface area (Å²) in [5.41, 5.74) is 1.76. The topological polar surface area (TPSA) is 75.9 Å². The highest BCUT2D eigenvalue weighted by atomic mass is 16.1. The molecule has 0 bridgehead atoms. The van der Waals surface area contributed by atoms with Crippen molar-refractivity contribution in [3.8, 4) is 0 Å². The van der Waals surface area contributed by atoms with Crippen molar-refractivity contribution >= 4 is 5.82 Å². The van der Waals surface area contributed by atoms with E-state index in [1.165, 1.54) is 4.57 Å². The second-order valence-corrected chi connectivity index (χ2v) is 6.07. The fourth-order valence-electron chi connectivity index (χ4n) is 2.88. The van der Waals surface area contributed by atoms with Gasteiger partial charge in [-0.2, -0.15) is 0 Å². The summed E-state index contributed by atoms with van der Waals surface area (Å²) in [7, 11) is 1.73. The van der Waals surface area contributed by atoms with Gasteiger partial charge in [0.1, 0.15) is 12.1 Å². The van der Waals surface area contributed by atoms with Gasteiger partial charge in [0.05, 0.1) is 6.33 Å². The molecule has 1 N–H and O–H groups in total. The van der Waals surface area contributed by atoms with E-state index >= 15 is 0 Å². The molecule has 0 spiro atoms. The molecule has 0 amide bonds. The highest BCUT2D eigenvalue weighted by Gasteiger charge is 2.20. The number of likely N-dealkylation sites (tertiary alicyclic amines) is 1. The van der Waals surface area contributed by atoms with Crippen LogP contribution in [0, 0.1) is 6.92 Å². The second kappa shape index (κ2) is 6.87. The average Bonchev–Trinajstić information content (AvgIpc) is 2.54. The van der Waals surface area contributed by atoms with E-state index in [4.69, 9.17) is 0 Å². The van der Waals surface area contributed by atoms with Gasteiger partial charge in [-0.05, 0) is 19.8 Å². The standard InChI is InChI=1S/C16H22N6O/c1-12-7-15(19-10-18-12)20-14-3-5-22(6-4-14)9-13-8-17-11-21(2)16(13)23/h7-8,10-11,14H,3-6,9H2,1-2H3,(H,18,19,20). The Morgan fingerprint density at radius 3 is 2.83 bits per heavy atom. The van der Waals surface area contributed by atoms with E-state index in [0.717, 1.165) is 43.0 Å². The van der Waals surface area contributed by atoms with Gasteiger partial charge in [-0.25, -0.2) is 15.0 Å². The Hall–Kier alpha value is -2.28. The van der Waals surface area contributed by atoms with Crippen LogP contribution in [0.2, 0.25) is 0 Å². The molecule has 7 nitrogen and oxygen atoms in total. The van der Waals surface area contributed by atoms with Gasteiger partial charge in [0.25, 0.3) is 5.56 Å². The van der Waals surface area contributed by atoms with E-state index < -0.39 is 0 Å². The molecule has 1 saturated heterocycles. The number of hydrogen-bond acceptors (Lipinski definition) is 6. The van der Waals surface area contributed by atoms with Gasteiger partial charge >= 0.3 is 0 Å². The third-order valence-corrected chi connectivity index (χ3v) is 4.20. The lowest BCUT2D eigenvalue weighted by Gasteiger charge is -2.32. The monoisotopic (exact) mass is 314 g/mol. The molecule has 0 unspecified atom stereocenters. The van der Waals surface area contributed by atoms with E-state index in [0.29, 0.717) is 12.6 Å². The Bertz CT molecular complexity index is 721. The zero-order valence-corrected chi connectivity index (χ0v) is 13.6. The first-order chi connectivity index (χ1) is 11.1. The summed E-state index contributed by atoms with van der Waals surface area (Å²) in [5.74, 6) is 0.886. The minimum Gasteiger partial charge on any atom is -0.367 e. The molecular weight excluding hydrogens is 292 g/mol. The summed E-state index contributed by atoms with van der Waals surface area (Å²) >= 11 is 0. The third-order valence-electron chi connectivity index (χ3n) is 4.20. The highest BCUT2D eigenvalue weighted by molar-refractivity contribution is 5.35. The van der Waals surface area contributed by atoms with Crippen LogP contribution in [0.5, 0.6) is 0 Å². The summed E-state index contributed by atoms with van der Waals surface area (Å²) in [4.78, 5) is 26.8. The summed E-state index contributed by atoms with van der Waals surface area (Å²) in [5, 5.41) is 3.47.